The maximum absolute atomic E-state index is 12.4. The van der Waals surface area contributed by atoms with Gasteiger partial charge in [-0.1, -0.05) is 6.07 Å². The summed E-state index contributed by atoms with van der Waals surface area (Å²) in [4.78, 5) is 24.9. The van der Waals surface area contributed by atoms with Crippen LogP contribution in [0.5, 0.6) is 11.5 Å². The molecule has 0 saturated heterocycles. The van der Waals surface area contributed by atoms with Gasteiger partial charge in [0.2, 0.25) is 5.91 Å². The summed E-state index contributed by atoms with van der Waals surface area (Å²) in [6.07, 6.45) is 1.07. The molecule has 0 aromatic heterocycles. The van der Waals surface area contributed by atoms with Gasteiger partial charge in [-0.15, -0.1) is 0 Å². The number of ether oxygens (including phenoxy) is 2. The number of aliphatic carboxylic acids is 1. The number of hydrogen-bond donors (Lipinski definition) is 1. The summed E-state index contributed by atoms with van der Waals surface area (Å²) in [7, 11) is 1.59. The van der Waals surface area contributed by atoms with Crippen molar-refractivity contribution in [1.82, 2.24) is 4.90 Å². The Hall–Kier alpha value is -2.38. The van der Waals surface area contributed by atoms with Crippen LogP contribution in [0.25, 0.3) is 0 Å². The molecule has 6 nitrogen and oxygen atoms in total. The van der Waals surface area contributed by atoms with E-state index in [4.69, 9.17) is 9.84 Å². The van der Waals surface area contributed by atoms with Gasteiger partial charge in [-0.05, 0) is 37.5 Å². The van der Waals surface area contributed by atoms with Gasteiger partial charge in [-0.2, -0.15) is 8.78 Å². The van der Waals surface area contributed by atoms with Crippen molar-refractivity contribution in [1.29, 1.82) is 0 Å². The zero-order chi connectivity index (χ0) is 18.6. The molecule has 2 unspecified atom stereocenters. The molecule has 1 aromatic carbocycles. The molecule has 0 bridgehead atoms. The second-order valence-corrected chi connectivity index (χ2v) is 5.92. The molecular formula is C17H21F2NO5. The average Bonchev–Trinajstić information content (AvgIpc) is 2.47. The number of nitrogens with zero attached hydrogens (tertiary/aromatic N) is 1. The average molecular weight is 357 g/mol. The minimum atomic E-state index is -2.96. The van der Waals surface area contributed by atoms with E-state index in [0.29, 0.717) is 18.4 Å². The first kappa shape index (κ1) is 19.0. The van der Waals surface area contributed by atoms with Crippen molar-refractivity contribution in [3.63, 3.8) is 0 Å². The van der Waals surface area contributed by atoms with Crippen molar-refractivity contribution in [2.24, 2.45) is 11.8 Å². The first-order chi connectivity index (χ1) is 11.8. The Morgan fingerprint density at radius 2 is 1.96 bits per heavy atom. The summed E-state index contributed by atoms with van der Waals surface area (Å²) >= 11 is 0. The lowest BCUT2D eigenvalue weighted by atomic mass is 9.73. The molecular weight excluding hydrogens is 336 g/mol. The summed E-state index contributed by atoms with van der Waals surface area (Å²) < 4.78 is 34.5. The van der Waals surface area contributed by atoms with Gasteiger partial charge in [-0.25, -0.2) is 0 Å². The highest BCUT2D eigenvalue weighted by molar-refractivity contribution is 5.86. The Balaban J connectivity index is 2.07. The van der Waals surface area contributed by atoms with Crippen LogP contribution in [0.1, 0.15) is 25.3 Å². The molecule has 1 aliphatic rings. The summed E-state index contributed by atoms with van der Waals surface area (Å²) in [5, 5.41) is 9.06. The van der Waals surface area contributed by atoms with E-state index in [1.165, 1.54) is 11.0 Å². The van der Waals surface area contributed by atoms with Crippen molar-refractivity contribution in [3.8, 4) is 11.5 Å². The van der Waals surface area contributed by atoms with Crippen LogP contribution in [0.4, 0.5) is 8.78 Å². The highest BCUT2D eigenvalue weighted by atomic mass is 19.3. The van der Waals surface area contributed by atoms with Gasteiger partial charge in [0.15, 0.2) is 11.5 Å². The first-order valence-electron chi connectivity index (χ1n) is 8.01. The van der Waals surface area contributed by atoms with E-state index in [2.05, 4.69) is 4.74 Å². The van der Waals surface area contributed by atoms with E-state index in [-0.39, 0.29) is 30.6 Å². The Kier molecular flexibility index (Phi) is 6.17. The maximum atomic E-state index is 12.4. The lowest BCUT2D eigenvalue weighted by Crippen LogP contribution is -2.44. The zero-order valence-corrected chi connectivity index (χ0v) is 14.1. The summed E-state index contributed by atoms with van der Waals surface area (Å²) in [6.45, 7) is -0.741. The molecule has 8 heteroatoms. The molecule has 0 spiro atoms. The Morgan fingerprint density at radius 1 is 1.28 bits per heavy atom. The third-order valence-electron chi connectivity index (χ3n) is 4.23. The molecule has 1 aliphatic carbocycles. The number of halogens is 2. The normalized spacial score (nSPS) is 19.2. The molecule has 0 heterocycles. The van der Waals surface area contributed by atoms with Gasteiger partial charge >= 0.3 is 12.6 Å². The summed E-state index contributed by atoms with van der Waals surface area (Å²) in [5.74, 6) is -2.21. The summed E-state index contributed by atoms with van der Waals surface area (Å²) in [6, 6.07) is 4.48. The molecule has 1 amide bonds. The summed E-state index contributed by atoms with van der Waals surface area (Å²) in [5.41, 5.74) is 0.673. The predicted octanol–water partition coefficient (Wildman–Crippen LogP) is 2.76. The van der Waals surface area contributed by atoms with Crippen LogP contribution < -0.4 is 9.47 Å². The molecule has 138 valence electrons. The van der Waals surface area contributed by atoms with E-state index < -0.39 is 24.4 Å². The number of rotatable bonds is 8. The topological polar surface area (TPSA) is 76.1 Å². The number of alkyl halides is 2. The third-order valence-corrected chi connectivity index (χ3v) is 4.23. The second kappa shape index (κ2) is 8.13. The van der Waals surface area contributed by atoms with Gasteiger partial charge in [0.25, 0.3) is 0 Å². The highest BCUT2D eigenvalue weighted by Crippen LogP contribution is 2.36. The fourth-order valence-electron chi connectivity index (χ4n) is 2.84. The van der Waals surface area contributed by atoms with Crippen LogP contribution in [-0.4, -0.2) is 42.1 Å². The largest absolute Gasteiger partial charge is 0.490 e. The maximum Gasteiger partial charge on any atom is 0.387 e. The molecule has 2 rings (SSSR count). The van der Waals surface area contributed by atoms with Crippen molar-refractivity contribution in [3.05, 3.63) is 23.8 Å². The molecule has 0 aliphatic heterocycles. The van der Waals surface area contributed by atoms with Crippen molar-refractivity contribution < 1.29 is 33.0 Å². The fraction of sp³-hybridized carbons (Fsp3) is 0.529. The van der Waals surface area contributed by atoms with Gasteiger partial charge < -0.3 is 19.5 Å². The van der Waals surface area contributed by atoms with Gasteiger partial charge in [-0.3, -0.25) is 9.59 Å². The number of carbonyl (C=O) groups is 2. The molecule has 1 N–H and O–H groups in total. The van der Waals surface area contributed by atoms with Crippen LogP contribution in [0.15, 0.2) is 18.2 Å². The fourth-order valence-corrected chi connectivity index (χ4v) is 2.84. The van der Waals surface area contributed by atoms with Crippen molar-refractivity contribution >= 4 is 11.9 Å². The minimum absolute atomic E-state index is 0.0699. The zero-order valence-electron chi connectivity index (χ0n) is 14.1. The Labute approximate surface area is 144 Å². The molecule has 2 atom stereocenters. The lowest BCUT2D eigenvalue weighted by Gasteiger charge is -2.35. The van der Waals surface area contributed by atoms with Crippen LogP contribution in [0.3, 0.4) is 0 Å². The third kappa shape index (κ3) is 4.58. The number of carboxylic acid groups (broad SMARTS) is 1. The van der Waals surface area contributed by atoms with Crippen LogP contribution in [0, 0.1) is 11.8 Å². The first-order valence-corrected chi connectivity index (χ1v) is 8.01. The smallest absolute Gasteiger partial charge is 0.387 e. The van der Waals surface area contributed by atoms with E-state index in [1.807, 2.05) is 0 Å². The van der Waals surface area contributed by atoms with Crippen molar-refractivity contribution in [2.45, 2.75) is 32.9 Å². The molecule has 25 heavy (non-hydrogen) atoms. The Morgan fingerprint density at radius 3 is 2.48 bits per heavy atom. The van der Waals surface area contributed by atoms with E-state index in [1.54, 1.807) is 26.1 Å². The van der Waals surface area contributed by atoms with E-state index in [9.17, 15) is 18.4 Å². The van der Waals surface area contributed by atoms with Gasteiger partial charge in [0.05, 0.1) is 18.4 Å². The van der Waals surface area contributed by atoms with Crippen LogP contribution in [-0.2, 0) is 16.1 Å². The quantitative estimate of drug-likeness (QED) is 0.774. The van der Waals surface area contributed by atoms with Gasteiger partial charge in [0.1, 0.15) is 0 Å². The number of amides is 1. The number of hydrogen-bond acceptors (Lipinski definition) is 4. The predicted molar refractivity (Wildman–Crippen MR) is 84.6 cm³/mol. The van der Waals surface area contributed by atoms with Crippen molar-refractivity contribution in [2.75, 3.05) is 13.7 Å². The van der Waals surface area contributed by atoms with Crippen LogP contribution in [0.2, 0.25) is 0 Å². The number of benzene rings is 1. The molecule has 0 radical (unpaired) electrons. The SMILES string of the molecule is CCOc1cc(CN(C)C(=O)C2CCC2C(=O)O)ccc1OC(F)F. The highest BCUT2D eigenvalue weighted by Gasteiger charge is 2.42. The molecule has 1 fully saturated rings. The minimum Gasteiger partial charge on any atom is -0.490 e. The van der Waals surface area contributed by atoms with Gasteiger partial charge in [0, 0.05) is 13.6 Å². The number of carbonyl (C=O) groups excluding carboxylic acids is 1. The monoisotopic (exact) mass is 357 g/mol. The van der Waals surface area contributed by atoms with E-state index in [0.717, 1.165) is 0 Å². The Bertz CT molecular complexity index is 637. The van der Waals surface area contributed by atoms with E-state index >= 15 is 0 Å². The van der Waals surface area contributed by atoms with Crippen LogP contribution >= 0.6 is 0 Å². The lowest BCUT2D eigenvalue weighted by molar-refractivity contribution is -0.156. The molecule has 1 saturated carbocycles. The standard InChI is InChI=1S/C17H21F2NO5/c1-3-24-14-8-10(4-7-13(14)25-17(18)19)9-20(2)15(21)11-5-6-12(11)16(22)23/h4,7-8,11-12,17H,3,5-6,9H2,1-2H3,(H,22,23). The number of carboxylic acids is 1. The second-order valence-electron chi connectivity index (χ2n) is 5.92. The molecule has 1 aromatic rings.